The Kier molecular flexibility index (Phi) is 6.90. The summed E-state index contributed by atoms with van der Waals surface area (Å²) >= 11 is 1.79. The van der Waals surface area contributed by atoms with Gasteiger partial charge < -0.3 is 14.5 Å². The van der Waals surface area contributed by atoms with Gasteiger partial charge in [-0.25, -0.2) is 9.18 Å². The number of aryl methyl sites for hydroxylation is 1. The number of hydrogen-bond donors (Lipinski definition) is 0. The van der Waals surface area contributed by atoms with Crippen LogP contribution in [-0.4, -0.2) is 87.5 Å². The summed E-state index contributed by atoms with van der Waals surface area (Å²) in [4.78, 5) is 38.9. The predicted molar refractivity (Wildman–Crippen MR) is 164 cm³/mol. The summed E-state index contributed by atoms with van der Waals surface area (Å²) in [5.74, 6) is 1.14. The quantitative estimate of drug-likeness (QED) is 0.425. The SMILES string of the molecule is C=CC(=O)N1[C@H](C)CN(c2nc(=O)n3c4c(c(-c5ccc(F)cc5)c(C)cc24)SCC(N2C[C@@H]4C[C@H]2CO4)C3)C[C@@H]1C. The molecule has 4 aliphatic rings. The molecule has 5 heterocycles. The van der Waals surface area contributed by atoms with E-state index >= 15 is 0 Å². The van der Waals surface area contributed by atoms with E-state index in [0.717, 1.165) is 57.8 Å². The monoisotopic (exact) mass is 589 g/mol. The molecule has 4 aliphatic heterocycles. The molecule has 10 heteroatoms. The van der Waals surface area contributed by atoms with E-state index in [1.54, 1.807) is 11.8 Å². The summed E-state index contributed by atoms with van der Waals surface area (Å²) in [6.07, 6.45) is 2.69. The second kappa shape index (κ2) is 10.5. The molecule has 1 unspecified atom stereocenters. The number of piperazine rings is 1. The molecule has 1 amide bonds. The number of halogens is 1. The van der Waals surface area contributed by atoms with Gasteiger partial charge in [-0.2, -0.15) is 4.98 Å². The van der Waals surface area contributed by atoms with E-state index in [4.69, 9.17) is 9.72 Å². The van der Waals surface area contributed by atoms with Crippen molar-refractivity contribution >= 4 is 34.4 Å². The molecule has 0 saturated carbocycles. The minimum Gasteiger partial charge on any atom is -0.375 e. The maximum absolute atomic E-state index is 14.0. The van der Waals surface area contributed by atoms with E-state index < -0.39 is 0 Å². The molecule has 3 saturated heterocycles. The van der Waals surface area contributed by atoms with Gasteiger partial charge in [0.1, 0.15) is 11.6 Å². The number of carbonyl (C=O) groups is 1. The molecule has 3 fully saturated rings. The fourth-order valence-corrected chi connectivity index (χ4v) is 9.04. The number of morpholine rings is 1. The Bertz CT molecular complexity index is 1630. The highest BCUT2D eigenvalue weighted by atomic mass is 32.2. The molecule has 2 bridgehead atoms. The van der Waals surface area contributed by atoms with Crippen LogP contribution in [-0.2, 0) is 16.1 Å². The first-order chi connectivity index (χ1) is 20.2. The van der Waals surface area contributed by atoms with Crippen molar-refractivity contribution in [3.63, 3.8) is 0 Å². The van der Waals surface area contributed by atoms with E-state index in [1.165, 1.54) is 18.2 Å². The lowest BCUT2D eigenvalue weighted by Crippen LogP contribution is -2.58. The summed E-state index contributed by atoms with van der Waals surface area (Å²) in [5, 5.41) is 0.940. The summed E-state index contributed by atoms with van der Waals surface area (Å²) < 4.78 is 21.7. The Balaban J connectivity index is 1.38. The maximum atomic E-state index is 14.0. The molecule has 8 nitrogen and oxygen atoms in total. The van der Waals surface area contributed by atoms with Gasteiger partial charge in [-0.05, 0) is 62.6 Å². The number of rotatable bonds is 4. The Morgan fingerprint density at radius 1 is 1.12 bits per heavy atom. The lowest BCUT2D eigenvalue weighted by atomic mass is 9.97. The zero-order valence-electron chi connectivity index (χ0n) is 24.3. The number of carbonyl (C=O) groups excluding carboxylic acids is 1. The largest absolute Gasteiger partial charge is 0.375 e. The van der Waals surface area contributed by atoms with Gasteiger partial charge in [0.2, 0.25) is 5.91 Å². The number of thioether (sulfide) groups is 1. The average Bonchev–Trinajstić information content (AvgIpc) is 3.54. The average molecular weight is 590 g/mol. The van der Waals surface area contributed by atoms with Gasteiger partial charge in [-0.3, -0.25) is 14.3 Å². The number of fused-ring (bicyclic) bond motifs is 2. The van der Waals surface area contributed by atoms with Crippen LogP contribution in [0.3, 0.4) is 0 Å². The number of amides is 1. The first kappa shape index (κ1) is 27.6. The summed E-state index contributed by atoms with van der Waals surface area (Å²) in [6.45, 7) is 13.1. The third-order valence-corrected chi connectivity index (χ3v) is 10.6. The summed E-state index contributed by atoms with van der Waals surface area (Å²) in [6, 6.07) is 9.19. The van der Waals surface area contributed by atoms with Crippen molar-refractivity contribution < 1.29 is 13.9 Å². The fraction of sp³-hybridized carbons (Fsp3) is 0.469. The maximum Gasteiger partial charge on any atom is 0.350 e. The molecule has 7 rings (SSSR count). The minimum absolute atomic E-state index is 0.0696. The third-order valence-electron chi connectivity index (χ3n) is 9.40. The number of hydrogen-bond acceptors (Lipinski definition) is 7. The highest BCUT2D eigenvalue weighted by Crippen LogP contribution is 2.45. The van der Waals surface area contributed by atoms with E-state index in [2.05, 4.69) is 29.4 Å². The zero-order chi connectivity index (χ0) is 29.3. The molecule has 0 aliphatic carbocycles. The second-order valence-electron chi connectivity index (χ2n) is 12.2. The van der Waals surface area contributed by atoms with Crippen LogP contribution in [0.1, 0.15) is 25.8 Å². The molecule has 5 atom stereocenters. The van der Waals surface area contributed by atoms with Crippen LogP contribution >= 0.6 is 11.8 Å². The third kappa shape index (κ3) is 4.46. The Labute approximate surface area is 249 Å². The molecule has 0 N–H and O–H groups in total. The standard InChI is InChI=1S/C32H36FN5O3S/c1-5-27(39)38-19(3)12-35(13-20(38)4)31-26-10-18(2)28(21-6-8-22(33)9-7-21)30-29(26)37(32(40)34-31)14-24(17-42-30)36-15-25-11-23(36)16-41-25/h5-10,19-20,23-25H,1,11-17H2,2-4H3/t19-,20+,23-,24?,25-/m0/s1. The highest BCUT2D eigenvalue weighted by Gasteiger charge is 2.43. The van der Waals surface area contributed by atoms with Crippen molar-refractivity contribution in [2.75, 3.05) is 36.9 Å². The first-order valence-electron chi connectivity index (χ1n) is 14.8. The molecule has 1 aromatic heterocycles. The van der Waals surface area contributed by atoms with Crippen molar-refractivity contribution in [3.05, 3.63) is 64.9 Å². The normalized spacial score (nSPS) is 27.5. The van der Waals surface area contributed by atoms with Crippen LogP contribution in [0.5, 0.6) is 0 Å². The van der Waals surface area contributed by atoms with E-state index in [-0.39, 0.29) is 41.6 Å². The Morgan fingerprint density at radius 3 is 2.50 bits per heavy atom. The number of aromatic nitrogens is 2. The predicted octanol–water partition coefficient (Wildman–Crippen LogP) is 4.07. The zero-order valence-corrected chi connectivity index (χ0v) is 25.1. The van der Waals surface area contributed by atoms with Crippen LogP contribution in [0.25, 0.3) is 22.0 Å². The first-order valence-corrected chi connectivity index (χ1v) is 15.8. The molecular formula is C32H36FN5O3S. The van der Waals surface area contributed by atoms with Crippen molar-refractivity contribution in [1.82, 2.24) is 19.4 Å². The van der Waals surface area contributed by atoms with Crippen molar-refractivity contribution in [2.45, 2.75) is 68.9 Å². The number of likely N-dealkylation sites (tertiary alicyclic amines) is 1. The number of ether oxygens (including phenoxy) is 1. The highest BCUT2D eigenvalue weighted by molar-refractivity contribution is 7.99. The van der Waals surface area contributed by atoms with Crippen LogP contribution in [0.4, 0.5) is 10.2 Å². The van der Waals surface area contributed by atoms with Crippen molar-refractivity contribution in [3.8, 4) is 11.1 Å². The van der Waals surface area contributed by atoms with Crippen LogP contribution in [0, 0.1) is 12.7 Å². The molecule has 3 aromatic rings. The Morgan fingerprint density at radius 2 is 1.86 bits per heavy atom. The van der Waals surface area contributed by atoms with E-state index in [1.807, 2.05) is 35.4 Å². The fourth-order valence-electron chi connectivity index (χ4n) is 7.60. The number of benzene rings is 2. The van der Waals surface area contributed by atoms with Gasteiger partial charge in [0.15, 0.2) is 0 Å². The van der Waals surface area contributed by atoms with Crippen LogP contribution < -0.4 is 10.6 Å². The second-order valence-corrected chi connectivity index (χ2v) is 13.2. The topological polar surface area (TPSA) is 70.9 Å². The summed E-state index contributed by atoms with van der Waals surface area (Å²) in [7, 11) is 0. The number of nitrogens with zero attached hydrogens (tertiary/aromatic N) is 5. The van der Waals surface area contributed by atoms with Gasteiger partial charge >= 0.3 is 5.69 Å². The van der Waals surface area contributed by atoms with Gasteiger partial charge in [0.25, 0.3) is 0 Å². The van der Waals surface area contributed by atoms with Crippen molar-refractivity contribution in [2.24, 2.45) is 0 Å². The summed E-state index contributed by atoms with van der Waals surface area (Å²) in [5.41, 5.74) is 3.66. The lowest BCUT2D eigenvalue weighted by Gasteiger charge is -2.44. The van der Waals surface area contributed by atoms with Gasteiger partial charge in [-0.15, -0.1) is 11.8 Å². The number of anilines is 1. The molecule has 0 spiro atoms. The van der Waals surface area contributed by atoms with Crippen LogP contribution in [0.15, 0.2) is 52.7 Å². The Hall–Kier alpha value is -3.21. The van der Waals surface area contributed by atoms with Gasteiger partial charge in [-0.1, -0.05) is 18.7 Å². The van der Waals surface area contributed by atoms with Gasteiger partial charge in [0, 0.05) is 71.9 Å². The smallest absolute Gasteiger partial charge is 0.350 e. The van der Waals surface area contributed by atoms with Crippen LogP contribution in [0.2, 0.25) is 0 Å². The van der Waals surface area contributed by atoms with E-state index in [0.29, 0.717) is 31.5 Å². The molecule has 2 aromatic carbocycles. The molecular weight excluding hydrogens is 553 g/mol. The molecule has 220 valence electrons. The van der Waals surface area contributed by atoms with Gasteiger partial charge in [0.05, 0.1) is 18.2 Å². The lowest BCUT2D eigenvalue weighted by molar-refractivity contribution is -0.130. The van der Waals surface area contributed by atoms with E-state index in [9.17, 15) is 14.0 Å². The minimum atomic E-state index is -0.275. The van der Waals surface area contributed by atoms with Crippen molar-refractivity contribution in [1.29, 1.82) is 0 Å². The molecule has 0 radical (unpaired) electrons. The molecule has 42 heavy (non-hydrogen) atoms.